The third kappa shape index (κ3) is 3.22. The summed E-state index contributed by atoms with van der Waals surface area (Å²) in [6, 6.07) is 0.390. The predicted molar refractivity (Wildman–Crippen MR) is 66.7 cm³/mol. The van der Waals surface area contributed by atoms with Crippen LogP contribution in [-0.2, 0) is 14.3 Å². The number of nitrogens with two attached hydrogens (primary N) is 1. The maximum absolute atomic E-state index is 12.4. The second kappa shape index (κ2) is 5.69. The van der Waals surface area contributed by atoms with Crippen molar-refractivity contribution in [2.24, 2.45) is 11.7 Å². The molecule has 5 nitrogen and oxygen atoms in total. The van der Waals surface area contributed by atoms with Crippen LogP contribution < -0.4 is 5.73 Å². The molecule has 0 heterocycles. The van der Waals surface area contributed by atoms with Gasteiger partial charge in [-0.25, -0.2) is 0 Å². The van der Waals surface area contributed by atoms with Crippen molar-refractivity contribution in [2.45, 2.75) is 51.1 Å². The first-order chi connectivity index (χ1) is 8.61. The quantitative estimate of drug-likeness (QED) is 0.732. The Morgan fingerprint density at radius 1 is 1.28 bits per heavy atom. The number of amides is 1. The molecule has 2 N–H and O–H groups in total. The molecule has 0 aliphatic heterocycles. The van der Waals surface area contributed by atoms with Crippen molar-refractivity contribution in [2.75, 3.05) is 13.2 Å². The van der Waals surface area contributed by atoms with Crippen molar-refractivity contribution in [1.29, 1.82) is 0 Å². The van der Waals surface area contributed by atoms with E-state index in [1.807, 2.05) is 0 Å². The van der Waals surface area contributed by atoms with Crippen molar-refractivity contribution < 1.29 is 14.3 Å². The topological polar surface area (TPSA) is 72.6 Å². The Kier molecular flexibility index (Phi) is 4.22. The van der Waals surface area contributed by atoms with Gasteiger partial charge in [0, 0.05) is 18.0 Å². The number of ether oxygens (including phenoxy) is 1. The zero-order valence-corrected chi connectivity index (χ0v) is 10.9. The highest BCUT2D eigenvalue weighted by Gasteiger charge is 2.39. The first-order valence-corrected chi connectivity index (χ1v) is 6.83. The van der Waals surface area contributed by atoms with Gasteiger partial charge in [0.15, 0.2) is 0 Å². The Bertz CT molecular complexity index is 328. The Balaban J connectivity index is 1.92. The lowest BCUT2D eigenvalue weighted by Crippen LogP contribution is -2.41. The molecule has 0 spiro atoms. The van der Waals surface area contributed by atoms with Crippen molar-refractivity contribution in [3.05, 3.63) is 0 Å². The molecule has 0 aromatic rings. The van der Waals surface area contributed by atoms with Crippen molar-refractivity contribution >= 4 is 11.9 Å². The minimum Gasteiger partial charge on any atom is -0.465 e. The molecule has 2 unspecified atom stereocenters. The number of esters is 1. The lowest BCUT2D eigenvalue weighted by molar-refractivity contribution is -0.150. The molecule has 0 saturated heterocycles. The summed E-state index contributed by atoms with van der Waals surface area (Å²) in [6.45, 7) is 2.24. The molecule has 2 fully saturated rings. The Morgan fingerprint density at radius 3 is 2.50 bits per heavy atom. The lowest BCUT2D eigenvalue weighted by atomic mass is 10.1. The second-order valence-corrected chi connectivity index (χ2v) is 5.27. The molecule has 5 heteroatoms. The Hall–Kier alpha value is -1.10. The maximum atomic E-state index is 12.4. The molecule has 0 radical (unpaired) electrons. The van der Waals surface area contributed by atoms with Crippen LogP contribution in [0, 0.1) is 5.92 Å². The SMILES string of the molecule is CCOC(=O)CN(C(=O)C1CCC(N)C1)C1CC1. The van der Waals surface area contributed by atoms with Gasteiger partial charge >= 0.3 is 5.97 Å². The molecule has 18 heavy (non-hydrogen) atoms. The summed E-state index contributed by atoms with van der Waals surface area (Å²) in [5.74, 6) is -0.200. The van der Waals surface area contributed by atoms with Gasteiger partial charge in [0.1, 0.15) is 6.54 Å². The van der Waals surface area contributed by atoms with Crippen molar-refractivity contribution in [3.8, 4) is 0 Å². The minimum atomic E-state index is -0.306. The molecule has 2 aliphatic carbocycles. The molecule has 102 valence electrons. The van der Waals surface area contributed by atoms with E-state index in [-0.39, 0.29) is 36.4 Å². The summed E-state index contributed by atoms with van der Waals surface area (Å²) in [7, 11) is 0. The van der Waals surface area contributed by atoms with E-state index in [0.717, 1.165) is 32.1 Å². The highest BCUT2D eigenvalue weighted by Crippen LogP contribution is 2.32. The lowest BCUT2D eigenvalue weighted by Gasteiger charge is -2.24. The number of hydrogen-bond acceptors (Lipinski definition) is 4. The van der Waals surface area contributed by atoms with Crippen LogP contribution >= 0.6 is 0 Å². The summed E-state index contributed by atoms with van der Waals surface area (Å²) in [5.41, 5.74) is 5.84. The molecule has 2 aliphatic rings. The third-order valence-corrected chi connectivity index (χ3v) is 3.70. The molecular formula is C13H22N2O3. The molecule has 2 atom stereocenters. The molecule has 1 amide bonds. The van der Waals surface area contributed by atoms with Crippen LogP contribution in [0.25, 0.3) is 0 Å². The van der Waals surface area contributed by atoms with Crippen LogP contribution in [0.5, 0.6) is 0 Å². The summed E-state index contributed by atoms with van der Waals surface area (Å²) in [5, 5.41) is 0. The van der Waals surface area contributed by atoms with E-state index >= 15 is 0 Å². The average Bonchev–Trinajstić information content (AvgIpc) is 3.08. The number of carbonyl (C=O) groups excluding carboxylic acids is 2. The van der Waals surface area contributed by atoms with E-state index in [0.29, 0.717) is 6.61 Å². The standard InChI is InChI=1S/C13H22N2O3/c1-2-18-12(16)8-15(11-5-6-11)13(17)9-3-4-10(14)7-9/h9-11H,2-8,14H2,1H3. The summed E-state index contributed by atoms with van der Waals surface area (Å²) in [4.78, 5) is 25.6. The molecule has 0 aromatic carbocycles. The maximum Gasteiger partial charge on any atom is 0.325 e. The summed E-state index contributed by atoms with van der Waals surface area (Å²) < 4.78 is 4.93. The van der Waals surface area contributed by atoms with Crippen LogP contribution in [0.2, 0.25) is 0 Å². The third-order valence-electron chi connectivity index (χ3n) is 3.70. The highest BCUT2D eigenvalue weighted by molar-refractivity contribution is 5.84. The second-order valence-electron chi connectivity index (χ2n) is 5.27. The fraction of sp³-hybridized carbons (Fsp3) is 0.846. The zero-order valence-electron chi connectivity index (χ0n) is 10.9. The number of carbonyl (C=O) groups is 2. The van der Waals surface area contributed by atoms with Crippen LogP contribution in [0.4, 0.5) is 0 Å². The minimum absolute atomic E-state index is 0.00928. The largest absolute Gasteiger partial charge is 0.465 e. The van der Waals surface area contributed by atoms with Crippen LogP contribution in [0.15, 0.2) is 0 Å². The Labute approximate surface area is 108 Å². The normalized spacial score (nSPS) is 27.0. The number of nitrogens with zero attached hydrogens (tertiary/aromatic N) is 1. The molecule has 2 saturated carbocycles. The Morgan fingerprint density at radius 2 is 2.00 bits per heavy atom. The van der Waals surface area contributed by atoms with Crippen molar-refractivity contribution in [1.82, 2.24) is 4.90 Å². The first-order valence-electron chi connectivity index (χ1n) is 6.83. The summed E-state index contributed by atoms with van der Waals surface area (Å²) >= 11 is 0. The van der Waals surface area contributed by atoms with Gasteiger partial charge in [-0.05, 0) is 39.0 Å². The fourth-order valence-corrected chi connectivity index (χ4v) is 2.59. The predicted octanol–water partition coefficient (Wildman–Crippen LogP) is 0.668. The van der Waals surface area contributed by atoms with E-state index < -0.39 is 0 Å². The van der Waals surface area contributed by atoms with Gasteiger partial charge in [-0.1, -0.05) is 0 Å². The summed E-state index contributed by atoms with van der Waals surface area (Å²) in [6.07, 6.45) is 4.53. The van der Waals surface area contributed by atoms with E-state index in [2.05, 4.69) is 0 Å². The van der Waals surface area contributed by atoms with E-state index in [1.165, 1.54) is 0 Å². The van der Waals surface area contributed by atoms with Crippen LogP contribution in [0.3, 0.4) is 0 Å². The van der Waals surface area contributed by atoms with Gasteiger partial charge in [0.2, 0.25) is 5.91 Å². The van der Waals surface area contributed by atoms with Gasteiger partial charge in [-0.3, -0.25) is 9.59 Å². The van der Waals surface area contributed by atoms with Gasteiger partial charge in [0.25, 0.3) is 0 Å². The number of rotatable bonds is 5. The van der Waals surface area contributed by atoms with Gasteiger partial charge in [-0.15, -0.1) is 0 Å². The zero-order chi connectivity index (χ0) is 13.1. The van der Waals surface area contributed by atoms with Crippen molar-refractivity contribution in [3.63, 3.8) is 0 Å². The van der Waals surface area contributed by atoms with Crippen LogP contribution in [0.1, 0.15) is 39.0 Å². The number of hydrogen-bond donors (Lipinski definition) is 1. The molecule has 0 bridgehead atoms. The van der Waals surface area contributed by atoms with Gasteiger partial charge < -0.3 is 15.4 Å². The smallest absolute Gasteiger partial charge is 0.325 e. The fourth-order valence-electron chi connectivity index (χ4n) is 2.59. The van der Waals surface area contributed by atoms with Gasteiger partial charge in [0.05, 0.1) is 6.61 Å². The molecule has 0 aromatic heterocycles. The molecular weight excluding hydrogens is 232 g/mol. The van der Waals surface area contributed by atoms with E-state index in [9.17, 15) is 9.59 Å². The van der Waals surface area contributed by atoms with Gasteiger partial charge in [-0.2, -0.15) is 0 Å². The monoisotopic (exact) mass is 254 g/mol. The van der Waals surface area contributed by atoms with Crippen LogP contribution in [-0.4, -0.2) is 42.0 Å². The highest BCUT2D eigenvalue weighted by atomic mass is 16.5. The average molecular weight is 254 g/mol. The van der Waals surface area contributed by atoms with E-state index in [1.54, 1.807) is 11.8 Å². The van der Waals surface area contributed by atoms with E-state index in [4.69, 9.17) is 10.5 Å². The molecule has 2 rings (SSSR count). The first kappa shape index (κ1) is 13.3.